The van der Waals surface area contributed by atoms with E-state index in [4.69, 9.17) is 0 Å². The average molecular weight is 292 g/mol. The fourth-order valence-corrected chi connectivity index (χ4v) is 3.80. The lowest BCUT2D eigenvalue weighted by molar-refractivity contribution is -0.142. The van der Waals surface area contributed by atoms with Gasteiger partial charge in [-0.1, -0.05) is 12.8 Å². The number of hydrogen-bond acceptors (Lipinski definition) is 2. The highest BCUT2D eigenvalue weighted by Crippen LogP contribution is 2.33. The predicted octanol–water partition coefficient (Wildman–Crippen LogP) is 2.43. The van der Waals surface area contributed by atoms with Crippen molar-refractivity contribution < 1.29 is 9.59 Å². The molecule has 118 valence electrons. The van der Waals surface area contributed by atoms with Gasteiger partial charge >= 0.3 is 0 Å². The highest BCUT2D eigenvalue weighted by atomic mass is 16.2. The Morgan fingerprint density at radius 1 is 0.810 bits per heavy atom. The lowest BCUT2D eigenvalue weighted by Gasteiger charge is -2.36. The van der Waals surface area contributed by atoms with Crippen LogP contribution in [0.1, 0.15) is 58.3 Å². The normalized spacial score (nSPS) is 30.9. The first-order valence-corrected chi connectivity index (χ1v) is 8.76. The third-order valence-corrected chi connectivity index (χ3v) is 5.34. The Hall–Kier alpha value is -1.06. The summed E-state index contributed by atoms with van der Waals surface area (Å²) in [7, 11) is 0. The molecule has 0 bridgehead atoms. The first kappa shape index (κ1) is 14.9. The predicted molar refractivity (Wildman–Crippen MR) is 81.7 cm³/mol. The van der Waals surface area contributed by atoms with Crippen LogP contribution in [0.4, 0.5) is 0 Å². The van der Waals surface area contributed by atoms with Crippen LogP contribution in [0.3, 0.4) is 0 Å². The van der Waals surface area contributed by atoms with Gasteiger partial charge in [0.2, 0.25) is 11.8 Å². The van der Waals surface area contributed by atoms with Crippen molar-refractivity contribution in [2.24, 2.45) is 11.8 Å². The zero-order valence-corrected chi connectivity index (χ0v) is 13.2. The summed E-state index contributed by atoms with van der Waals surface area (Å²) < 4.78 is 0. The molecule has 0 unspecified atom stereocenters. The monoisotopic (exact) mass is 292 g/mol. The van der Waals surface area contributed by atoms with Crippen LogP contribution in [-0.2, 0) is 9.59 Å². The average Bonchev–Trinajstić information content (AvgIpc) is 3.34. The van der Waals surface area contributed by atoms with Crippen LogP contribution in [-0.4, -0.2) is 47.3 Å². The van der Waals surface area contributed by atoms with Crippen molar-refractivity contribution >= 4 is 11.8 Å². The third kappa shape index (κ3) is 3.41. The van der Waals surface area contributed by atoms with Crippen molar-refractivity contribution in [1.29, 1.82) is 0 Å². The second-order valence-corrected chi connectivity index (χ2v) is 7.13. The van der Waals surface area contributed by atoms with E-state index in [9.17, 15) is 9.59 Å². The van der Waals surface area contributed by atoms with Gasteiger partial charge in [0.05, 0.1) is 5.92 Å². The summed E-state index contributed by atoms with van der Waals surface area (Å²) >= 11 is 0. The highest BCUT2D eigenvalue weighted by molar-refractivity contribution is 5.83. The highest BCUT2D eigenvalue weighted by Gasteiger charge is 2.38. The number of carbonyl (C=O) groups excluding carboxylic acids is 2. The molecule has 0 N–H and O–H groups in total. The molecular weight excluding hydrogens is 264 g/mol. The van der Waals surface area contributed by atoms with Crippen molar-refractivity contribution in [3.05, 3.63) is 0 Å². The Morgan fingerprint density at radius 3 is 2.38 bits per heavy atom. The second-order valence-electron chi connectivity index (χ2n) is 7.13. The quantitative estimate of drug-likeness (QED) is 0.784. The summed E-state index contributed by atoms with van der Waals surface area (Å²) in [6.45, 7) is 4.61. The van der Waals surface area contributed by atoms with Gasteiger partial charge in [0.25, 0.3) is 0 Å². The number of carbonyl (C=O) groups is 2. The molecule has 1 aliphatic carbocycles. The number of nitrogens with zero attached hydrogens (tertiary/aromatic N) is 2. The molecule has 1 saturated carbocycles. The number of rotatable bonds is 2. The first-order chi connectivity index (χ1) is 10.2. The molecule has 0 aromatic rings. The van der Waals surface area contributed by atoms with Crippen molar-refractivity contribution in [2.75, 3.05) is 19.6 Å². The minimum atomic E-state index is 0.0435. The molecule has 2 amide bonds. The molecule has 4 nitrogen and oxygen atoms in total. The summed E-state index contributed by atoms with van der Waals surface area (Å²) in [4.78, 5) is 29.1. The van der Waals surface area contributed by atoms with Gasteiger partial charge in [0.1, 0.15) is 0 Å². The zero-order valence-electron chi connectivity index (χ0n) is 13.2. The maximum atomic E-state index is 12.9. The van der Waals surface area contributed by atoms with Crippen molar-refractivity contribution in [3.8, 4) is 0 Å². The Kier molecular flexibility index (Phi) is 4.51. The third-order valence-electron chi connectivity index (χ3n) is 5.34. The molecule has 3 fully saturated rings. The van der Waals surface area contributed by atoms with E-state index in [-0.39, 0.29) is 11.8 Å². The van der Waals surface area contributed by atoms with E-state index in [2.05, 4.69) is 11.8 Å². The Balaban J connectivity index is 1.61. The van der Waals surface area contributed by atoms with E-state index >= 15 is 0 Å². The Morgan fingerprint density at radius 2 is 1.62 bits per heavy atom. The van der Waals surface area contributed by atoms with Gasteiger partial charge in [-0.2, -0.15) is 0 Å². The molecule has 0 aromatic heterocycles. The molecule has 2 heterocycles. The van der Waals surface area contributed by atoms with Gasteiger partial charge in [-0.15, -0.1) is 0 Å². The summed E-state index contributed by atoms with van der Waals surface area (Å²) in [5.74, 6) is 0.923. The van der Waals surface area contributed by atoms with E-state index in [0.717, 1.165) is 51.6 Å². The van der Waals surface area contributed by atoms with Crippen LogP contribution in [0.5, 0.6) is 0 Å². The van der Waals surface area contributed by atoms with Gasteiger partial charge < -0.3 is 9.80 Å². The fraction of sp³-hybridized carbons (Fsp3) is 0.882. The zero-order chi connectivity index (χ0) is 14.8. The first-order valence-electron chi connectivity index (χ1n) is 8.76. The lowest BCUT2D eigenvalue weighted by Crippen LogP contribution is -2.49. The topological polar surface area (TPSA) is 40.6 Å². The molecular formula is C17H28N2O2. The SMILES string of the molecule is C[C@@H]1CCCCCN1C(=O)[C@H]1CCCN(C(=O)C2CC2)C1. The molecule has 21 heavy (non-hydrogen) atoms. The smallest absolute Gasteiger partial charge is 0.227 e. The van der Waals surface area contributed by atoms with E-state index in [1.54, 1.807) is 0 Å². The molecule has 4 heteroatoms. The van der Waals surface area contributed by atoms with E-state index in [1.165, 1.54) is 12.8 Å². The molecule has 3 rings (SSSR count). The van der Waals surface area contributed by atoms with Crippen LogP contribution in [0.15, 0.2) is 0 Å². The lowest BCUT2D eigenvalue weighted by atomic mass is 9.95. The fourth-order valence-electron chi connectivity index (χ4n) is 3.80. The summed E-state index contributed by atoms with van der Waals surface area (Å²) in [6.07, 6.45) is 8.78. The number of piperidine rings is 1. The second kappa shape index (κ2) is 6.37. The Labute approximate surface area is 127 Å². The maximum Gasteiger partial charge on any atom is 0.227 e. The standard InChI is InChI=1S/C17H28N2O2/c1-13-6-3-2-4-11-19(13)17(21)15-7-5-10-18(12-15)16(20)14-8-9-14/h13-15H,2-12H2,1H3/t13-,15+/m1/s1. The minimum absolute atomic E-state index is 0.0435. The Bertz CT molecular complexity index is 406. The molecule has 3 aliphatic rings. The number of hydrogen-bond donors (Lipinski definition) is 0. The van der Waals surface area contributed by atoms with Crippen LogP contribution in [0.25, 0.3) is 0 Å². The van der Waals surface area contributed by atoms with E-state index < -0.39 is 0 Å². The number of amides is 2. The van der Waals surface area contributed by atoms with E-state index in [0.29, 0.717) is 24.4 Å². The van der Waals surface area contributed by atoms with Gasteiger partial charge in [0.15, 0.2) is 0 Å². The van der Waals surface area contributed by atoms with Gasteiger partial charge in [-0.25, -0.2) is 0 Å². The largest absolute Gasteiger partial charge is 0.342 e. The molecule has 0 spiro atoms. The molecule has 2 saturated heterocycles. The van der Waals surface area contributed by atoms with Crippen LogP contribution >= 0.6 is 0 Å². The summed E-state index contributed by atoms with van der Waals surface area (Å²) in [5, 5.41) is 0. The summed E-state index contributed by atoms with van der Waals surface area (Å²) in [6, 6.07) is 0.370. The minimum Gasteiger partial charge on any atom is -0.342 e. The molecule has 2 atom stereocenters. The van der Waals surface area contributed by atoms with Gasteiger partial charge in [0, 0.05) is 31.6 Å². The van der Waals surface area contributed by atoms with Crippen molar-refractivity contribution in [3.63, 3.8) is 0 Å². The van der Waals surface area contributed by atoms with Crippen LogP contribution < -0.4 is 0 Å². The van der Waals surface area contributed by atoms with Crippen molar-refractivity contribution in [1.82, 2.24) is 9.80 Å². The molecule has 0 radical (unpaired) electrons. The van der Waals surface area contributed by atoms with Crippen LogP contribution in [0.2, 0.25) is 0 Å². The molecule has 2 aliphatic heterocycles. The number of likely N-dealkylation sites (tertiary alicyclic amines) is 2. The van der Waals surface area contributed by atoms with Gasteiger partial charge in [-0.3, -0.25) is 9.59 Å². The van der Waals surface area contributed by atoms with E-state index in [1.807, 2.05) is 4.90 Å². The summed E-state index contributed by atoms with van der Waals surface area (Å²) in [5.41, 5.74) is 0. The van der Waals surface area contributed by atoms with Crippen LogP contribution in [0, 0.1) is 11.8 Å². The molecule has 0 aromatic carbocycles. The van der Waals surface area contributed by atoms with Crippen molar-refractivity contribution in [2.45, 2.75) is 64.3 Å². The maximum absolute atomic E-state index is 12.9. The van der Waals surface area contributed by atoms with Gasteiger partial charge in [-0.05, 0) is 45.4 Å².